The molecular weight excluding hydrogens is 441 g/mol. The van der Waals surface area contributed by atoms with Gasteiger partial charge >= 0.3 is 6.18 Å². The van der Waals surface area contributed by atoms with E-state index in [9.17, 15) is 18.0 Å². The number of benzene rings is 3. The van der Waals surface area contributed by atoms with Crippen LogP contribution < -0.4 is 15.4 Å². The van der Waals surface area contributed by atoms with E-state index < -0.39 is 17.8 Å². The Morgan fingerprint density at radius 3 is 2.15 bits per heavy atom. The number of Topliss-reactive ketones (excluding diaryl/α,β-unsaturated/α-hetero) is 1. The van der Waals surface area contributed by atoms with Gasteiger partial charge in [-0.15, -0.1) is 0 Å². The van der Waals surface area contributed by atoms with Gasteiger partial charge in [-0.05, 0) is 59.9 Å². The summed E-state index contributed by atoms with van der Waals surface area (Å²) in [7, 11) is 1.61. The number of hydrogen-bond acceptors (Lipinski definition) is 4. The maximum Gasteiger partial charge on any atom is 0.416 e. The van der Waals surface area contributed by atoms with Crippen LogP contribution in [0.1, 0.15) is 41.5 Å². The summed E-state index contributed by atoms with van der Waals surface area (Å²) >= 11 is 0. The highest BCUT2D eigenvalue weighted by Crippen LogP contribution is 2.44. The molecule has 7 heteroatoms. The summed E-state index contributed by atoms with van der Waals surface area (Å²) in [6.45, 7) is 0. The molecule has 1 aliphatic heterocycles. The van der Waals surface area contributed by atoms with Crippen LogP contribution in [0.4, 0.5) is 24.5 Å². The van der Waals surface area contributed by atoms with E-state index in [2.05, 4.69) is 10.6 Å². The highest BCUT2D eigenvalue weighted by Gasteiger charge is 2.37. The summed E-state index contributed by atoms with van der Waals surface area (Å²) in [5, 5.41) is 6.84. The van der Waals surface area contributed by atoms with Crippen LogP contribution in [0, 0.1) is 0 Å². The first-order valence-electron chi connectivity index (χ1n) is 11.0. The van der Waals surface area contributed by atoms with E-state index in [0.29, 0.717) is 24.0 Å². The van der Waals surface area contributed by atoms with Crippen LogP contribution in [0.25, 0.3) is 0 Å². The van der Waals surface area contributed by atoms with Crippen LogP contribution in [0.5, 0.6) is 5.75 Å². The number of alkyl halides is 3. The molecule has 3 aromatic rings. The summed E-state index contributed by atoms with van der Waals surface area (Å²) in [5.74, 6) is 0.710. The third-order valence-electron chi connectivity index (χ3n) is 6.47. The van der Waals surface area contributed by atoms with Gasteiger partial charge in [0.05, 0.1) is 30.1 Å². The number of rotatable bonds is 3. The molecule has 174 valence electrons. The van der Waals surface area contributed by atoms with Crippen molar-refractivity contribution in [3.05, 3.63) is 101 Å². The number of methoxy groups -OCH3 is 1. The zero-order valence-electron chi connectivity index (χ0n) is 18.4. The van der Waals surface area contributed by atoms with E-state index in [1.165, 1.54) is 12.1 Å². The summed E-state index contributed by atoms with van der Waals surface area (Å²) in [6.07, 6.45) is -3.48. The van der Waals surface area contributed by atoms with Crippen molar-refractivity contribution in [1.29, 1.82) is 0 Å². The van der Waals surface area contributed by atoms with Crippen molar-refractivity contribution in [3.8, 4) is 5.75 Å². The minimum atomic E-state index is -4.42. The molecule has 0 aromatic heterocycles. The van der Waals surface area contributed by atoms with Crippen molar-refractivity contribution in [2.24, 2.45) is 0 Å². The first kappa shape index (κ1) is 22.1. The number of carbonyl (C=O) groups is 1. The lowest BCUT2D eigenvalue weighted by atomic mass is 9.78. The molecule has 0 saturated carbocycles. The van der Waals surface area contributed by atoms with Gasteiger partial charge in [0.2, 0.25) is 0 Å². The molecule has 34 heavy (non-hydrogen) atoms. The fraction of sp³-hybridized carbons (Fsp3) is 0.222. The molecule has 2 aliphatic rings. The molecule has 0 bridgehead atoms. The van der Waals surface area contributed by atoms with Crippen molar-refractivity contribution in [3.63, 3.8) is 0 Å². The van der Waals surface area contributed by atoms with Gasteiger partial charge in [0.25, 0.3) is 0 Å². The van der Waals surface area contributed by atoms with E-state index >= 15 is 0 Å². The van der Waals surface area contributed by atoms with E-state index in [-0.39, 0.29) is 11.7 Å². The summed E-state index contributed by atoms with van der Waals surface area (Å²) in [4.78, 5) is 13.5. The predicted octanol–water partition coefficient (Wildman–Crippen LogP) is 6.69. The quantitative estimate of drug-likeness (QED) is 0.453. The lowest BCUT2D eigenvalue weighted by Gasteiger charge is -2.30. The van der Waals surface area contributed by atoms with Crippen LogP contribution in [0.3, 0.4) is 0 Å². The predicted molar refractivity (Wildman–Crippen MR) is 125 cm³/mol. The van der Waals surface area contributed by atoms with Gasteiger partial charge in [0.1, 0.15) is 5.75 Å². The first-order valence-corrected chi connectivity index (χ1v) is 11.0. The van der Waals surface area contributed by atoms with Crippen molar-refractivity contribution in [2.45, 2.75) is 31.0 Å². The Kier molecular flexibility index (Phi) is 5.55. The SMILES string of the molecule is COc1ccc(C2CC(=O)C3=C(C2)Nc2ccccc2NC3c2ccc(C(F)(F)F)cc2)cc1. The lowest BCUT2D eigenvalue weighted by Crippen LogP contribution is -2.27. The van der Waals surface area contributed by atoms with Gasteiger partial charge < -0.3 is 15.4 Å². The molecule has 1 heterocycles. The fourth-order valence-corrected chi connectivity index (χ4v) is 4.72. The number of para-hydroxylation sites is 2. The average Bonchev–Trinajstić information content (AvgIpc) is 3.00. The zero-order valence-corrected chi connectivity index (χ0v) is 18.4. The molecule has 0 amide bonds. The molecule has 0 spiro atoms. The maximum absolute atomic E-state index is 13.5. The number of halogens is 3. The molecule has 0 fully saturated rings. The van der Waals surface area contributed by atoms with Gasteiger partial charge in [0.15, 0.2) is 5.78 Å². The van der Waals surface area contributed by atoms with Crippen molar-refractivity contribution in [1.82, 2.24) is 0 Å². The van der Waals surface area contributed by atoms with Gasteiger partial charge in [-0.1, -0.05) is 36.4 Å². The second-order valence-electron chi connectivity index (χ2n) is 8.56. The summed E-state index contributed by atoms with van der Waals surface area (Å²) < 4.78 is 44.6. The highest BCUT2D eigenvalue weighted by atomic mass is 19.4. The summed E-state index contributed by atoms with van der Waals surface area (Å²) in [5.41, 5.74) is 3.91. The van der Waals surface area contributed by atoms with Gasteiger partial charge in [-0.2, -0.15) is 13.2 Å². The Morgan fingerprint density at radius 1 is 0.853 bits per heavy atom. The normalized spacial score (nSPS) is 19.9. The largest absolute Gasteiger partial charge is 0.497 e. The molecule has 5 rings (SSSR count). The van der Waals surface area contributed by atoms with Crippen LogP contribution in [-0.4, -0.2) is 12.9 Å². The number of carbonyl (C=O) groups excluding carboxylic acids is 1. The van der Waals surface area contributed by atoms with E-state index in [1.54, 1.807) is 7.11 Å². The fourth-order valence-electron chi connectivity index (χ4n) is 4.72. The molecule has 4 nitrogen and oxygen atoms in total. The smallest absolute Gasteiger partial charge is 0.416 e. The lowest BCUT2D eigenvalue weighted by molar-refractivity contribution is -0.137. The van der Waals surface area contributed by atoms with Gasteiger partial charge in [0, 0.05) is 17.7 Å². The van der Waals surface area contributed by atoms with Crippen LogP contribution in [0.15, 0.2) is 84.1 Å². The second kappa shape index (κ2) is 8.56. The van der Waals surface area contributed by atoms with Gasteiger partial charge in [-0.3, -0.25) is 4.79 Å². The minimum absolute atomic E-state index is 0.0110. The van der Waals surface area contributed by atoms with Gasteiger partial charge in [-0.25, -0.2) is 0 Å². The van der Waals surface area contributed by atoms with Crippen molar-refractivity contribution < 1.29 is 22.7 Å². The third kappa shape index (κ3) is 4.14. The molecule has 0 radical (unpaired) electrons. The number of anilines is 2. The first-order chi connectivity index (χ1) is 16.3. The number of ether oxygens (including phenoxy) is 1. The number of fused-ring (bicyclic) bond motifs is 1. The average molecular weight is 464 g/mol. The van der Waals surface area contributed by atoms with Crippen molar-refractivity contribution in [2.75, 3.05) is 17.7 Å². The van der Waals surface area contributed by atoms with E-state index in [0.717, 1.165) is 40.5 Å². The topological polar surface area (TPSA) is 50.4 Å². The van der Waals surface area contributed by atoms with E-state index in [4.69, 9.17) is 4.74 Å². The van der Waals surface area contributed by atoms with Crippen LogP contribution in [0.2, 0.25) is 0 Å². The minimum Gasteiger partial charge on any atom is -0.497 e. The molecule has 2 unspecified atom stereocenters. The number of hydrogen-bond donors (Lipinski definition) is 2. The monoisotopic (exact) mass is 464 g/mol. The molecule has 0 saturated heterocycles. The number of allylic oxidation sites excluding steroid dienone is 1. The number of nitrogens with one attached hydrogen (secondary N) is 2. The standard InChI is InChI=1S/C27H23F3N2O2/c1-34-20-12-8-16(9-13-20)18-14-23-25(24(33)15-18)26(32-22-5-3-2-4-21(22)31-23)17-6-10-19(11-7-17)27(28,29)30/h2-13,18,26,31-32H,14-15H2,1H3. The molecular formula is C27H23F3N2O2. The second-order valence-corrected chi connectivity index (χ2v) is 8.56. The molecule has 3 aromatic carbocycles. The highest BCUT2D eigenvalue weighted by molar-refractivity contribution is 6.01. The Bertz CT molecular complexity index is 1250. The summed E-state index contributed by atoms with van der Waals surface area (Å²) in [6, 6.07) is 19.8. The third-order valence-corrected chi connectivity index (χ3v) is 6.47. The Balaban J connectivity index is 1.55. The molecule has 2 N–H and O–H groups in total. The molecule has 1 aliphatic carbocycles. The number of ketones is 1. The molecule has 2 atom stereocenters. The van der Waals surface area contributed by atoms with Crippen molar-refractivity contribution >= 4 is 17.2 Å². The maximum atomic E-state index is 13.5. The van der Waals surface area contributed by atoms with Crippen LogP contribution >= 0.6 is 0 Å². The van der Waals surface area contributed by atoms with Crippen LogP contribution in [-0.2, 0) is 11.0 Å². The Labute approximate surface area is 195 Å². The van der Waals surface area contributed by atoms with E-state index in [1.807, 2.05) is 48.5 Å². The Morgan fingerprint density at radius 2 is 1.50 bits per heavy atom. The Hall–Kier alpha value is -3.74. The zero-order chi connectivity index (χ0) is 23.9.